The molecule has 4 rings (SSSR count). The highest BCUT2D eigenvalue weighted by Crippen LogP contribution is 2.26. The molecule has 0 aromatic carbocycles. The van der Waals surface area contributed by atoms with Crippen molar-refractivity contribution in [2.45, 2.75) is 12.6 Å². The molecule has 1 atom stereocenters. The van der Waals surface area contributed by atoms with E-state index in [0.29, 0.717) is 10.2 Å². The van der Waals surface area contributed by atoms with Crippen LogP contribution in [0.15, 0.2) is 4.79 Å². The molecule has 3 aliphatic rings. The normalized spacial score (nSPS) is 29.7. The molecule has 104 valence electrons. The lowest BCUT2D eigenvalue weighted by molar-refractivity contribution is 0.00828. The topological polar surface area (TPSA) is 61.5 Å². The molecule has 7 heteroatoms. The van der Waals surface area contributed by atoms with Gasteiger partial charge in [0.25, 0.3) is 5.56 Å². The van der Waals surface area contributed by atoms with E-state index in [0.717, 1.165) is 44.2 Å². The van der Waals surface area contributed by atoms with Crippen LogP contribution in [0.4, 0.5) is 0 Å². The fraction of sp³-hybridized carbons (Fsp3) is 0.667. The van der Waals surface area contributed by atoms with Gasteiger partial charge in [-0.05, 0) is 22.6 Å². The van der Waals surface area contributed by atoms with E-state index in [4.69, 9.17) is 4.74 Å². The molecule has 0 amide bonds. The van der Waals surface area contributed by atoms with E-state index in [1.165, 1.54) is 0 Å². The summed E-state index contributed by atoms with van der Waals surface area (Å²) in [6.45, 7) is 5.69. The van der Waals surface area contributed by atoms with Crippen LogP contribution in [0, 0.1) is 3.57 Å². The SMILES string of the molecule is COCc1nc(C2CN3CCN2CC3)[nH]c(=O)c1I. The quantitative estimate of drug-likeness (QED) is 0.764. The fourth-order valence-corrected chi connectivity index (χ4v) is 3.20. The number of aromatic amines is 1. The molecule has 19 heavy (non-hydrogen) atoms. The van der Waals surface area contributed by atoms with Gasteiger partial charge in [0.2, 0.25) is 0 Å². The smallest absolute Gasteiger partial charge is 0.264 e. The van der Waals surface area contributed by atoms with Crippen molar-refractivity contribution in [2.24, 2.45) is 0 Å². The molecule has 3 saturated heterocycles. The monoisotopic (exact) mass is 376 g/mol. The Morgan fingerprint density at radius 3 is 2.74 bits per heavy atom. The highest BCUT2D eigenvalue weighted by atomic mass is 127. The second kappa shape index (κ2) is 5.47. The van der Waals surface area contributed by atoms with E-state index in [-0.39, 0.29) is 11.6 Å². The van der Waals surface area contributed by atoms with Gasteiger partial charge in [-0.1, -0.05) is 0 Å². The molecular formula is C12H17IN4O2. The third kappa shape index (κ3) is 2.56. The highest BCUT2D eigenvalue weighted by Gasteiger charge is 2.34. The predicted molar refractivity (Wildman–Crippen MR) is 79.0 cm³/mol. The second-order valence-corrected chi connectivity index (χ2v) is 6.08. The van der Waals surface area contributed by atoms with E-state index in [9.17, 15) is 4.79 Å². The van der Waals surface area contributed by atoms with Gasteiger partial charge >= 0.3 is 0 Å². The number of hydrogen-bond acceptors (Lipinski definition) is 5. The number of aromatic nitrogens is 2. The summed E-state index contributed by atoms with van der Waals surface area (Å²) in [7, 11) is 1.62. The van der Waals surface area contributed by atoms with Crippen LogP contribution in [0.2, 0.25) is 0 Å². The molecule has 3 aliphatic heterocycles. The largest absolute Gasteiger partial charge is 0.378 e. The average molecular weight is 376 g/mol. The number of nitrogens with one attached hydrogen (secondary N) is 1. The van der Waals surface area contributed by atoms with E-state index in [1.807, 2.05) is 22.6 Å². The summed E-state index contributed by atoms with van der Waals surface area (Å²) >= 11 is 2.03. The molecule has 2 bridgehead atoms. The molecule has 1 N–H and O–H groups in total. The van der Waals surface area contributed by atoms with Crippen molar-refractivity contribution >= 4 is 22.6 Å². The summed E-state index contributed by atoms with van der Waals surface area (Å²) in [5.74, 6) is 0.780. The van der Waals surface area contributed by atoms with Gasteiger partial charge < -0.3 is 9.72 Å². The Balaban J connectivity index is 1.94. The van der Waals surface area contributed by atoms with E-state index < -0.39 is 0 Å². The van der Waals surface area contributed by atoms with Crippen molar-refractivity contribution in [3.05, 3.63) is 25.4 Å². The fourth-order valence-electron chi connectivity index (χ4n) is 2.79. The van der Waals surface area contributed by atoms with Crippen LogP contribution in [0.5, 0.6) is 0 Å². The molecule has 1 aromatic heterocycles. The number of H-pyrrole nitrogens is 1. The molecule has 1 unspecified atom stereocenters. The first-order chi connectivity index (χ1) is 9.19. The minimum absolute atomic E-state index is 0.0599. The van der Waals surface area contributed by atoms with Gasteiger partial charge in [-0.25, -0.2) is 4.98 Å². The Labute approximate surface area is 125 Å². The second-order valence-electron chi connectivity index (χ2n) is 5.00. The number of halogens is 1. The minimum Gasteiger partial charge on any atom is -0.378 e. The van der Waals surface area contributed by atoms with Crippen molar-refractivity contribution in [3.63, 3.8) is 0 Å². The van der Waals surface area contributed by atoms with Crippen LogP contribution < -0.4 is 5.56 Å². The summed E-state index contributed by atoms with van der Waals surface area (Å²) in [6, 6.07) is 0.211. The zero-order chi connectivity index (χ0) is 13.4. The lowest BCUT2D eigenvalue weighted by Gasteiger charge is -2.46. The van der Waals surface area contributed by atoms with Crippen LogP contribution in [-0.2, 0) is 11.3 Å². The molecule has 3 fully saturated rings. The first-order valence-electron chi connectivity index (χ1n) is 6.43. The van der Waals surface area contributed by atoms with Gasteiger partial charge in [-0.3, -0.25) is 14.6 Å². The van der Waals surface area contributed by atoms with Crippen molar-refractivity contribution in [3.8, 4) is 0 Å². The minimum atomic E-state index is -0.0599. The summed E-state index contributed by atoms with van der Waals surface area (Å²) in [6.07, 6.45) is 0. The maximum Gasteiger partial charge on any atom is 0.264 e. The third-order valence-corrected chi connectivity index (χ3v) is 4.94. The van der Waals surface area contributed by atoms with Crippen molar-refractivity contribution in [1.82, 2.24) is 19.8 Å². The van der Waals surface area contributed by atoms with Crippen LogP contribution in [0.1, 0.15) is 17.6 Å². The average Bonchev–Trinajstić information content (AvgIpc) is 2.45. The predicted octanol–water partition coefficient (Wildman–Crippen LogP) is 0.193. The third-order valence-electron chi connectivity index (χ3n) is 3.83. The Kier molecular flexibility index (Phi) is 3.88. The van der Waals surface area contributed by atoms with Crippen LogP contribution in [0.25, 0.3) is 0 Å². The Morgan fingerprint density at radius 1 is 1.42 bits per heavy atom. The van der Waals surface area contributed by atoms with E-state index in [1.54, 1.807) is 7.11 Å². The Bertz CT molecular complexity index is 525. The van der Waals surface area contributed by atoms with Gasteiger partial charge in [0, 0.05) is 39.8 Å². The first-order valence-corrected chi connectivity index (χ1v) is 7.51. The number of fused-ring (bicyclic) bond motifs is 3. The summed E-state index contributed by atoms with van der Waals surface area (Å²) < 4.78 is 5.75. The lowest BCUT2D eigenvalue weighted by Crippen LogP contribution is -2.57. The molecule has 0 saturated carbocycles. The summed E-state index contributed by atoms with van der Waals surface area (Å²) in [5.41, 5.74) is 0.676. The Morgan fingerprint density at radius 2 is 2.16 bits per heavy atom. The van der Waals surface area contributed by atoms with E-state index >= 15 is 0 Å². The molecule has 0 spiro atoms. The van der Waals surface area contributed by atoms with Crippen LogP contribution in [-0.4, -0.2) is 59.6 Å². The van der Waals surface area contributed by atoms with Crippen LogP contribution in [0.3, 0.4) is 0 Å². The molecule has 0 aliphatic carbocycles. The standard InChI is InChI=1S/C12H17IN4O2/c1-19-7-8-10(13)12(18)15-11(14-8)9-6-16-2-4-17(9)5-3-16/h9H,2-7H2,1H3,(H,14,15,18). The number of methoxy groups -OCH3 is 1. The van der Waals surface area contributed by atoms with Crippen LogP contribution >= 0.6 is 22.6 Å². The van der Waals surface area contributed by atoms with Gasteiger partial charge in [-0.15, -0.1) is 0 Å². The zero-order valence-corrected chi connectivity index (χ0v) is 13.0. The summed E-state index contributed by atoms with van der Waals surface area (Å²) in [4.78, 5) is 24.4. The number of nitrogens with zero attached hydrogens (tertiary/aromatic N) is 3. The van der Waals surface area contributed by atoms with Crippen molar-refractivity contribution < 1.29 is 4.74 Å². The summed E-state index contributed by atoms with van der Waals surface area (Å²) in [5, 5.41) is 0. The number of rotatable bonds is 3. The maximum atomic E-state index is 12.0. The number of piperazine rings is 3. The lowest BCUT2D eigenvalue weighted by atomic mass is 10.1. The van der Waals surface area contributed by atoms with Gasteiger partial charge in [0.15, 0.2) is 0 Å². The number of ether oxygens (including phenoxy) is 1. The van der Waals surface area contributed by atoms with E-state index in [2.05, 4.69) is 19.8 Å². The molecule has 0 radical (unpaired) electrons. The molecule has 6 nitrogen and oxygen atoms in total. The van der Waals surface area contributed by atoms with Crippen molar-refractivity contribution in [1.29, 1.82) is 0 Å². The van der Waals surface area contributed by atoms with Gasteiger partial charge in [-0.2, -0.15) is 0 Å². The number of hydrogen-bond donors (Lipinski definition) is 1. The Hall–Kier alpha value is -0.510. The van der Waals surface area contributed by atoms with Gasteiger partial charge in [0.05, 0.1) is 18.3 Å². The first kappa shape index (κ1) is 13.5. The van der Waals surface area contributed by atoms with Crippen molar-refractivity contribution in [2.75, 3.05) is 39.8 Å². The van der Waals surface area contributed by atoms with Gasteiger partial charge in [0.1, 0.15) is 9.39 Å². The highest BCUT2D eigenvalue weighted by molar-refractivity contribution is 14.1. The maximum absolute atomic E-state index is 12.0. The zero-order valence-electron chi connectivity index (χ0n) is 10.9. The molecular weight excluding hydrogens is 359 g/mol. The molecule has 4 heterocycles. The molecule has 1 aromatic rings.